The maximum absolute atomic E-state index is 12.6. The number of sulfonamides is 1. The highest BCUT2D eigenvalue weighted by Gasteiger charge is 2.29. The van der Waals surface area contributed by atoms with E-state index in [1.807, 2.05) is 23.3 Å². The second kappa shape index (κ2) is 6.84. The summed E-state index contributed by atoms with van der Waals surface area (Å²) in [7, 11) is -3.27. The zero-order valence-electron chi connectivity index (χ0n) is 14.4. The van der Waals surface area contributed by atoms with Crippen molar-refractivity contribution >= 4 is 15.9 Å². The van der Waals surface area contributed by atoms with Gasteiger partial charge in [0, 0.05) is 26.1 Å². The summed E-state index contributed by atoms with van der Waals surface area (Å²) in [5, 5.41) is 0. The Morgan fingerprint density at radius 2 is 2.00 bits per heavy atom. The first-order valence-corrected chi connectivity index (χ1v) is 10.3. The van der Waals surface area contributed by atoms with Gasteiger partial charge in [0.05, 0.1) is 36.6 Å². The lowest BCUT2D eigenvalue weighted by Crippen LogP contribution is -2.34. The first kappa shape index (κ1) is 17.4. The van der Waals surface area contributed by atoms with Gasteiger partial charge in [0.2, 0.25) is 15.9 Å². The van der Waals surface area contributed by atoms with Crippen molar-refractivity contribution in [2.24, 2.45) is 5.92 Å². The molecule has 8 heteroatoms. The summed E-state index contributed by atoms with van der Waals surface area (Å²) in [6, 6.07) is 0. The molecular formula is C16H26N4O3S. The number of carbonyl (C=O) groups excluding carboxylic acids is 1. The molecule has 0 aromatic carbocycles. The van der Waals surface area contributed by atoms with Crippen molar-refractivity contribution in [2.45, 2.75) is 52.7 Å². The third-order valence-corrected chi connectivity index (χ3v) is 6.80. The first-order valence-electron chi connectivity index (χ1n) is 8.65. The Balaban J connectivity index is 1.81. The van der Waals surface area contributed by atoms with Crippen LogP contribution in [0, 0.1) is 5.92 Å². The Bertz CT molecular complexity index is 711. The fourth-order valence-electron chi connectivity index (χ4n) is 3.44. The number of amides is 1. The van der Waals surface area contributed by atoms with Gasteiger partial charge in [-0.25, -0.2) is 13.4 Å². The van der Waals surface area contributed by atoms with Crippen LogP contribution >= 0.6 is 0 Å². The molecule has 1 fully saturated rings. The third-order valence-electron chi connectivity index (χ3n) is 4.61. The van der Waals surface area contributed by atoms with Gasteiger partial charge in [-0.3, -0.25) is 4.79 Å². The van der Waals surface area contributed by atoms with Gasteiger partial charge < -0.3 is 9.47 Å². The molecule has 1 aromatic heterocycles. The predicted octanol–water partition coefficient (Wildman–Crippen LogP) is 1.20. The van der Waals surface area contributed by atoms with Crippen molar-refractivity contribution in [3.63, 3.8) is 0 Å². The molecule has 3 heterocycles. The van der Waals surface area contributed by atoms with Crippen LogP contribution in [-0.2, 0) is 34.5 Å². The molecule has 0 unspecified atom stereocenters. The van der Waals surface area contributed by atoms with Crippen molar-refractivity contribution in [1.82, 2.24) is 18.8 Å². The number of hydrogen-bond acceptors (Lipinski definition) is 4. The number of hydrogen-bond donors (Lipinski definition) is 0. The Morgan fingerprint density at radius 3 is 2.67 bits per heavy atom. The number of imidazole rings is 1. The standard InChI is InChI=1S/C16H26N4O3S/c1-13(2)11-24(22,23)20-8-4-7-19-12-17-14(15(19)10-20)9-18-6-3-5-16(18)21/h12-13H,3-11H2,1-2H3. The molecule has 2 aliphatic heterocycles. The van der Waals surface area contributed by atoms with E-state index in [-0.39, 0.29) is 17.6 Å². The number of aromatic nitrogens is 2. The molecule has 1 saturated heterocycles. The van der Waals surface area contributed by atoms with E-state index in [0.29, 0.717) is 26.1 Å². The maximum atomic E-state index is 12.6. The van der Waals surface area contributed by atoms with Crippen LogP contribution in [0.2, 0.25) is 0 Å². The summed E-state index contributed by atoms with van der Waals surface area (Å²) in [5.41, 5.74) is 1.76. The quantitative estimate of drug-likeness (QED) is 0.796. The molecule has 0 saturated carbocycles. The van der Waals surface area contributed by atoms with E-state index in [2.05, 4.69) is 4.98 Å². The van der Waals surface area contributed by atoms with Crippen molar-refractivity contribution in [1.29, 1.82) is 0 Å². The second-order valence-electron chi connectivity index (χ2n) is 7.11. The number of fused-ring (bicyclic) bond motifs is 1. The highest BCUT2D eigenvalue weighted by atomic mass is 32.2. The van der Waals surface area contributed by atoms with E-state index in [1.54, 1.807) is 10.6 Å². The normalized spacial score (nSPS) is 19.8. The second-order valence-corrected chi connectivity index (χ2v) is 9.12. The summed E-state index contributed by atoms with van der Waals surface area (Å²) in [6.45, 7) is 6.75. The molecule has 7 nitrogen and oxygen atoms in total. The summed E-state index contributed by atoms with van der Waals surface area (Å²) < 4.78 is 28.9. The topological polar surface area (TPSA) is 75.5 Å². The fourth-order valence-corrected chi connectivity index (χ4v) is 5.22. The van der Waals surface area contributed by atoms with Crippen LogP contribution in [0.1, 0.15) is 44.5 Å². The Kier molecular flexibility index (Phi) is 4.96. The fraction of sp³-hybridized carbons (Fsp3) is 0.750. The van der Waals surface area contributed by atoms with Crippen LogP contribution < -0.4 is 0 Å². The van der Waals surface area contributed by atoms with Gasteiger partial charge in [0.15, 0.2) is 0 Å². The highest BCUT2D eigenvalue weighted by Crippen LogP contribution is 2.22. The summed E-state index contributed by atoms with van der Waals surface area (Å²) >= 11 is 0. The zero-order valence-corrected chi connectivity index (χ0v) is 15.3. The minimum absolute atomic E-state index is 0.102. The number of carbonyl (C=O) groups is 1. The minimum Gasteiger partial charge on any atom is -0.337 e. The van der Waals surface area contributed by atoms with E-state index in [4.69, 9.17) is 0 Å². The zero-order chi connectivity index (χ0) is 17.3. The summed E-state index contributed by atoms with van der Waals surface area (Å²) in [6.07, 6.45) is 4.06. The van der Waals surface area contributed by atoms with Crippen LogP contribution in [0.15, 0.2) is 6.33 Å². The molecule has 24 heavy (non-hydrogen) atoms. The lowest BCUT2D eigenvalue weighted by atomic mass is 10.3. The lowest BCUT2D eigenvalue weighted by molar-refractivity contribution is -0.128. The molecule has 2 aliphatic rings. The monoisotopic (exact) mass is 354 g/mol. The molecule has 1 aromatic rings. The van der Waals surface area contributed by atoms with E-state index in [1.165, 1.54) is 0 Å². The Morgan fingerprint density at radius 1 is 1.21 bits per heavy atom. The summed E-state index contributed by atoms with van der Waals surface area (Å²) in [5.74, 6) is 0.431. The third kappa shape index (κ3) is 3.64. The van der Waals surface area contributed by atoms with Crippen LogP contribution in [0.5, 0.6) is 0 Å². The maximum Gasteiger partial charge on any atom is 0.222 e. The number of aryl methyl sites for hydroxylation is 1. The molecule has 0 spiro atoms. The van der Waals surface area contributed by atoms with Gasteiger partial charge in [-0.2, -0.15) is 4.31 Å². The van der Waals surface area contributed by atoms with Gasteiger partial charge in [-0.1, -0.05) is 13.8 Å². The van der Waals surface area contributed by atoms with Crippen molar-refractivity contribution in [3.05, 3.63) is 17.7 Å². The first-order chi connectivity index (χ1) is 11.4. The molecule has 0 bridgehead atoms. The lowest BCUT2D eigenvalue weighted by Gasteiger charge is -2.22. The number of likely N-dealkylation sites (tertiary alicyclic amines) is 1. The van der Waals surface area contributed by atoms with Gasteiger partial charge in [0.1, 0.15) is 0 Å². The summed E-state index contributed by atoms with van der Waals surface area (Å²) in [4.78, 5) is 18.1. The van der Waals surface area contributed by atoms with E-state index < -0.39 is 10.0 Å². The van der Waals surface area contributed by atoms with Crippen molar-refractivity contribution in [3.8, 4) is 0 Å². The molecule has 1 amide bonds. The van der Waals surface area contributed by atoms with E-state index >= 15 is 0 Å². The van der Waals surface area contributed by atoms with E-state index in [9.17, 15) is 13.2 Å². The van der Waals surface area contributed by atoms with Crippen molar-refractivity contribution < 1.29 is 13.2 Å². The smallest absolute Gasteiger partial charge is 0.222 e. The van der Waals surface area contributed by atoms with E-state index in [0.717, 1.165) is 37.3 Å². The Labute approximate surface area is 143 Å². The molecule has 134 valence electrons. The van der Waals surface area contributed by atoms with Crippen LogP contribution in [0.4, 0.5) is 0 Å². The van der Waals surface area contributed by atoms with Gasteiger partial charge in [0.25, 0.3) is 0 Å². The minimum atomic E-state index is -3.27. The average molecular weight is 354 g/mol. The van der Waals surface area contributed by atoms with Crippen LogP contribution in [0.25, 0.3) is 0 Å². The van der Waals surface area contributed by atoms with Gasteiger partial charge in [-0.05, 0) is 18.8 Å². The number of rotatable bonds is 5. The average Bonchev–Trinajstić information content (AvgIpc) is 2.98. The SMILES string of the molecule is CC(C)CS(=O)(=O)N1CCCn2cnc(CN3CCCC3=O)c2C1. The molecule has 3 rings (SSSR count). The van der Waals surface area contributed by atoms with Gasteiger partial charge >= 0.3 is 0 Å². The molecular weight excluding hydrogens is 328 g/mol. The predicted molar refractivity (Wildman–Crippen MR) is 90.5 cm³/mol. The van der Waals surface area contributed by atoms with Gasteiger partial charge in [-0.15, -0.1) is 0 Å². The molecule has 0 N–H and O–H groups in total. The largest absolute Gasteiger partial charge is 0.337 e. The number of nitrogens with zero attached hydrogens (tertiary/aromatic N) is 4. The molecule has 0 atom stereocenters. The molecule has 0 aliphatic carbocycles. The van der Waals surface area contributed by atoms with Crippen LogP contribution in [0.3, 0.4) is 0 Å². The van der Waals surface area contributed by atoms with Crippen LogP contribution in [-0.4, -0.2) is 51.9 Å². The van der Waals surface area contributed by atoms with Crippen molar-refractivity contribution in [2.75, 3.05) is 18.8 Å². The highest BCUT2D eigenvalue weighted by molar-refractivity contribution is 7.89. The Hall–Kier alpha value is -1.41. The molecule has 0 radical (unpaired) electrons.